The third-order valence-corrected chi connectivity index (χ3v) is 5.86. The van der Waals surface area contributed by atoms with Gasteiger partial charge in [-0.1, -0.05) is 26.0 Å². The summed E-state index contributed by atoms with van der Waals surface area (Å²) in [5.41, 5.74) is 0.206. The summed E-state index contributed by atoms with van der Waals surface area (Å²) in [5.74, 6) is 0.614. The molecule has 1 fully saturated rings. The van der Waals surface area contributed by atoms with Gasteiger partial charge in [-0.05, 0) is 55.7 Å². The minimum Gasteiger partial charge on any atom is -0.389 e. The molecule has 1 aliphatic carbocycles. The fourth-order valence-corrected chi connectivity index (χ4v) is 3.81. The van der Waals surface area contributed by atoms with Crippen LogP contribution >= 0.6 is 0 Å². The molecule has 0 amide bonds. The van der Waals surface area contributed by atoms with E-state index in [1.54, 1.807) is 12.1 Å². The molecule has 1 aromatic rings. The maximum Gasteiger partial charge on any atom is 0.240 e. The largest absolute Gasteiger partial charge is 0.389 e. The molecular weight excluding hydrogens is 286 g/mol. The van der Waals surface area contributed by atoms with Crippen molar-refractivity contribution < 1.29 is 13.5 Å². The van der Waals surface area contributed by atoms with Crippen LogP contribution in [-0.2, 0) is 16.4 Å². The number of aryl methyl sites for hydroxylation is 1. The second-order valence-electron chi connectivity index (χ2n) is 6.23. The van der Waals surface area contributed by atoms with Crippen molar-refractivity contribution in [1.29, 1.82) is 0 Å². The maximum absolute atomic E-state index is 12.3. The fraction of sp³-hybridized carbons (Fsp3) is 0.625. The monoisotopic (exact) mass is 311 g/mol. The molecule has 2 N–H and O–H groups in total. The van der Waals surface area contributed by atoms with Crippen LogP contribution in [-0.4, -0.2) is 25.7 Å². The van der Waals surface area contributed by atoms with Gasteiger partial charge in [0, 0.05) is 6.54 Å². The zero-order valence-electron chi connectivity index (χ0n) is 12.8. The van der Waals surface area contributed by atoms with Crippen LogP contribution in [0, 0.1) is 5.92 Å². The van der Waals surface area contributed by atoms with Crippen molar-refractivity contribution in [3.05, 3.63) is 29.8 Å². The summed E-state index contributed by atoms with van der Waals surface area (Å²) in [6, 6.07) is 6.89. The molecule has 0 bridgehead atoms. The van der Waals surface area contributed by atoms with Gasteiger partial charge in [0.05, 0.1) is 10.5 Å². The lowest BCUT2D eigenvalue weighted by Gasteiger charge is -2.34. The lowest BCUT2D eigenvalue weighted by Crippen LogP contribution is -2.45. The first-order valence-electron chi connectivity index (χ1n) is 7.66. The molecule has 0 saturated heterocycles. The van der Waals surface area contributed by atoms with E-state index >= 15 is 0 Å². The molecule has 1 aliphatic rings. The van der Waals surface area contributed by atoms with Crippen molar-refractivity contribution in [1.82, 2.24) is 4.72 Å². The number of sulfonamides is 1. The maximum atomic E-state index is 12.3. The predicted octanol–water partition coefficient (Wildman–Crippen LogP) is 2.47. The van der Waals surface area contributed by atoms with Crippen molar-refractivity contribution in [3.8, 4) is 0 Å². The molecule has 118 valence electrons. The van der Waals surface area contributed by atoms with E-state index in [2.05, 4.69) is 11.6 Å². The van der Waals surface area contributed by atoms with Gasteiger partial charge in [0.2, 0.25) is 10.0 Å². The smallest absolute Gasteiger partial charge is 0.240 e. The SMILES string of the molecule is CCc1ccc(S(=O)(=O)NCC2(O)CCC(C)CC2)cc1. The second-order valence-corrected chi connectivity index (χ2v) is 8.00. The van der Waals surface area contributed by atoms with Gasteiger partial charge in [-0.15, -0.1) is 0 Å². The Morgan fingerprint density at radius 3 is 2.33 bits per heavy atom. The van der Waals surface area contributed by atoms with E-state index in [1.165, 1.54) is 0 Å². The molecule has 0 aliphatic heterocycles. The summed E-state index contributed by atoms with van der Waals surface area (Å²) < 4.78 is 27.1. The van der Waals surface area contributed by atoms with Crippen molar-refractivity contribution in [3.63, 3.8) is 0 Å². The quantitative estimate of drug-likeness (QED) is 0.878. The minimum absolute atomic E-state index is 0.0948. The molecule has 0 atom stereocenters. The molecule has 0 radical (unpaired) electrons. The summed E-state index contributed by atoms with van der Waals surface area (Å²) in [4.78, 5) is 0.257. The molecule has 0 heterocycles. The third kappa shape index (κ3) is 4.28. The van der Waals surface area contributed by atoms with Crippen LogP contribution in [0.3, 0.4) is 0 Å². The molecule has 1 aromatic carbocycles. The van der Waals surface area contributed by atoms with Crippen LogP contribution < -0.4 is 4.72 Å². The van der Waals surface area contributed by atoms with Crippen LogP contribution in [0.25, 0.3) is 0 Å². The number of benzene rings is 1. The van der Waals surface area contributed by atoms with Crippen molar-refractivity contribution in [2.75, 3.05) is 6.54 Å². The first-order valence-corrected chi connectivity index (χ1v) is 9.14. The summed E-state index contributed by atoms with van der Waals surface area (Å²) in [7, 11) is -3.55. The molecular formula is C16H25NO3S. The van der Waals surface area contributed by atoms with Gasteiger partial charge in [-0.3, -0.25) is 0 Å². The second kappa shape index (κ2) is 6.46. The molecule has 1 saturated carbocycles. The van der Waals surface area contributed by atoms with Gasteiger partial charge in [0.25, 0.3) is 0 Å². The molecule has 0 spiro atoms. The summed E-state index contributed by atoms with van der Waals surface area (Å²) in [6.45, 7) is 4.29. The van der Waals surface area contributed by atoms with E-state index in [9.17, 15) is 13.5 Å². The van der Waals surface area contributed by atoms with Gasteiger partial charge >= 0.3 is 0 Å². The number of rotatable bonds is 5. The molecule has 0 unspecified atom stereocenters. The van der Waals surface area contributed by atoms with Gasteiger partial charge in [-0.2, -0.15) is 0 Å². The van der Waals surface area contributed by atoms with E-state index < -0.39 is 15.6 Å². The Labute approximate surface area is 127 Å². The van der Waals surface area contributed by atoms with Crippen molar-refractivity contribution >= 4 is 10.0 Å². The lowest BCUT2D eigenvalue weighted by molar-refractivity contribution is -0.00182. The Kier molecular flexibility index (Phi) is 5.07. The highest BCUT2D eigenvalue weighted by atomic mass is 32.2. The number of hydrogen-bond acceptors (Lipinski definition) is 3. The van der Waals surface area contributed by atoms with Crippen LogP contribution in [0.5, 0.6) is 0 Å². The lowest BCUT2D eigenvalue weighted by atomic mass is 9.80. The van der Waals surface area contributed by atoms with Crippen LogP contribution in [0.1, 0.15) is 45.1 Å². The Morgan fingerprint density at radius 2 is 1.81 bits per heavy atom. The van der Waals surface area contributed by atoms with Gasteiger partial charge < -0.3 is 5.11 Å². The van der Waals surface area contributed by atoms with Gasteiger partial charge in [0.15, 0.2) is 0 Å². The summed E-state index contributed by atoms with van der Waals surface area (Å²) in [5, 5.41) is 10.5. The average Bonchev–Trinajstić information content (AvgIpc) is 2.49. The van der Waals surface area contributed by atoms with Crippen molar-refractivity contribution in [2.24, 2.45) is 5.92 Å². The number of aliphatic hydroxyl groups is 1. The highest BCUT2D eigenvalue weighted by molar-refractivity contribution is 7.89. The van der Waals surface area contributed by atoms with E-state index in [1.807, 2.05) is 19.1 Å². The van der Waals surface area contributed by atoms with E-state index in [0.29, 0.717) is 18.8 Å². The van der Waals surface area contributed by atoms with E-state index in [4.69, 9.17) is 0 Å². The van der Waals surface area contributed by atoms with Gasteiger partial charge in [-0.25, -0.2) is 13.1 Å². The van der Waals surface area contributed by atoms with Crippen molar-refractivity contribution in [2.45, 2.75) is 56.4 Å². The van der Waals surface area contributed by atoms with E-state index in [-0.39, 0.29) is 11.4 Å². The molecule has 21 heavy (non-hydrogen) atoms. The number of hydrogen-bond donors (Lipinski definition) is 2. The highest BCUT2D eigenvalue weighted by Crippen LogP contribution is 2.31. The van der Waals surface area contributed by atoms with Crippen LogP contribution in [0.15, 0.2) is 29.2 Å². The first-order chi connectivity index (χ1) is 9.85. The average molecular weight is 311 g/mol. The highest BCUT2D eigenvalue weighted by Gasteiger charge is 2.33. The minimum atomic E-state index is -3.55. The Bertz CT molecular complexity index is 558. The van der Waals surface area contributed by atoms with Crippen LogP contribution in [0.2, 0.25) is 0 Å². The Morgan fingerprint density at radius 1 is 1.24 bits per heavy atom. The summed E-state index contributed by atoms with van der Waals surface area (Å²) >= 11 is 0. The summed E-state index contributed by atoms with van der Waals surface area (Å²) in [6.07, 6.45) is 4.09. The molecule has 5 heteroatoms. The first kappa shape index (κ1) is 16.5. The zero-order chi connectivity index (χ0) is 15.5. The number of nitrogens with one attached hydrogen (secondary N) is 1. The predicted molar refractivity (Wildman–Crippen MR) is 83.6 cm³/mol. The fourth-order valence-electron chi connectivity index (χ4n) is 2.69. The van der Waals surface area contributed by atoms with E-state index in [0.717, 1.165) is 24.8 Å². The van der Waals surface area contributed by atoms with Gasteiger partial charge in [0.1, 0.15) is 0 Å². The zero-order valence-corrected chi connectivity index (χ0v) is 13.6. The molecule has 4 nitrogen and oxygen atoms in total. The molecule has 0 aromatic heterocycles. The normalized spacial score (nSPS) is 26.7. The third-order valence-electron chi connectivity index (χ3n) is 4.44. The topological polar surface area (TPSA) is 66.4 Å². The Hall–Kier alpha value is -0.910. The Balaban J connectivity index is 2.00. The van der Waals surface area contributed by atoms with Crippen LogP contribution in [0.4, 0.5) is 0 Å². The standard InChI is InChI=1S/C16H25NO3S/c1-3-14-4-6-15(7-5-14)21(19,20)17-12-16(18)10-8-13(2)9-11-16/h4-7,13,17-18H,3,8-12H2,1-2H3. The molecule has 2 rings (SSSR count).